The van der Waals surface area contributed by atoms with Crippen LogP contribution in [0.5, 0.6) is 0 Å². The number of fused-ring (bicyclic) bond motifs is 1. The van der Waals surface area contributed by atoms with Gasteiger partial charge in [0.2, 0.25) is 0 Å². The molecule has 0 spiro atoms. The third kappa shape index (κ3) is 1.72. The molecule has 0 heterocycles. The van der Waals surface area contributed by atoms with Gasteiger partial charge in [-0.2, -0.15) is 0 Å². The third-order valence-corrected chi connectivity index (χ3v) is 5.24. The number of nitrogens with two attached hydrogens (primary N) is 1. The minimum absolute atomic E-state index is 0.653. The molecule has 3 aliphatic rings. The van der Waals surface area contributed by atoms with Gasteiger partial charge in [-0.15, -0.1) is 0 Å². The molecule has 2 nitrogen and oxygen atoms in total. The molecule has 3 N–H and O–H groups in total. The van der Waals surface area contributed by atoms with Crippen molar-refractivity contribution in [1.82, 2.24) is 5.43 Å². The zero-order valence-corrected chi connectivity index (χ0v) is 9.62. The molecule has 0 aromatic heterocycles. The van der Waals surface area contributed by atoms with Gasteiger partial charge < -0.3 is 0 Å². The molecular formula is C13H24N2. The molecule has 0 amide bonds. The van der Waals surface area contributed by atoms with Crippen LogP contribution >= 0.6 is 0 Å². The molecule has 0 radical (unpaired) electrons. The fraction of sp³-hybridized carbons (Fsp3) is 1.00. The van der Waals surface area contributed by atoms with E-state index in [1.54, 1.807) is 0 Å². The molecule has 3 aliphatic carbocycles. The first kappa shape index (κ1) is 10.1. The Bertz CT molecular complexity index is 211. The van der Waals surface area contributed by atoms with Gasteiger partial charge in [0, 0.05) is 6.04 Å². The van der Waals surface area contributed by atoms with Crippen LogP contribution in [-0.4, -0.2) is 6.04 Å². The Morgan fingerprint density at radius 3 is 1.93 bits per heavy atom. The van der Waals surface area contributed by atoms with Crippen molar-refractivity contribution in [1.29, 1.82) is 0 Å². The second-order valence-electron chi connectivity index (χ2n) is 5.93. The molecule has 2 heteroatoms. The third-order valence-electron chi connectivity index (χ3n) is 5.24. The van der Waals surface area contributed by atoms with E-state index >= 15 is 0 Å². The van der Waals surface area contributed by atoms with Gasteiger partial charge in [0.25, 0.3) is 0 Å². The lowest BCUT2D eigenvalue weighted by Gasteiger charge is -2.23. The van der Waals surface area contributed by atoms with Crippen molar-refractivity contribution < 1.29 is 0 Å². The molecule has 3 unspecified atom stereocenters. The van der Waals surface area contributed by atoms with Gasteiger partial charge in [-0.3, -0.25) is 11.3 Å². The van der Waals surface area contributed by atoms with Crippen molar-refractivity contribution in [2.45, 2.75) is 57.4 Å². The van der Waals surface area contributed by atoms with Crippen LogP contribution in [0.1, 0.15) is 51.4 Å². The number of hydrogen-bond donors (Lipinski definition) is 2. The lowest BCUT2D eigenvalue weighted by atomic mass is 9.93. The van der Waals surface area contributed by atoms with E-state index in [0.29, 0.717) is 6.04 Å². The molecule has 3 atom stereocenters. The first-order valence-corrected chi connectivity index (χ1v) is 6.88. The first-order chi connectivity index (χ1) is 7.42. The van der Waals surface area contributed by atoms with Gasteiger partial charge in [0.15, 0.2) is 0 Å². The maximum Gasteiger partial charge on any atom is 0.0272 e. The lowest BCUT2D eigenvalue weighted by Crippen LogP contribution is -2.42. The first-order valence-electron chi connectivity index (χ1n) is 6.88. The highest BCUT2D eigenvalue weighted by atomic mass is 15.2. The van der Waals surface area contributed by atoms with Crippen LogP contribution in [0.25, 0.3) is 0 Å². The smallest absolute Gasteiger partial charge is 0.0272 e. The molecule has 0 bridgehead atoms. The molecule has 15 heavy (non-hydrogen) atoms. The summed E-state index contributed by atoms with van der Waals surface area (Å²) in [5.41, 5.74) is 3.16. The summed E-state index contributed by atoms with van der Waals surface area (Å²) in [6.07, 6.45) is 11.6. The molecule has 3 rings (SSSR count). The fourth-order valence-corrected chi connectivity index (χ4v) is 4.46. The van der Waals surface area contributed by atoms with Crippen molar-refractivity contribution >= 4 is 0 Å². The van der Waals surface area contributed by atoms with Crippen molar-refractivity contribution in [3.8, 4) is 0 Å². The monoisotopic (exact) mass is 208 g/mol. The highest BCUT2D eigenvalue weighted by molar-refractivity contribution is 5.06. The molecule has 3 saturated carbocycles. The summed E-state index contributed by atoms with van der Waals surface area (Å²) >= 11 is 0. The van der Waals surface area contributed by atoms with Crippen LogP contribution in [0.2, 0.25) is 0 Å². The maximum absolute atomic E-state index is 5.80. The number of hydrazine groups is 1. The normalized spacial score (nSPS) is 42.6. The second kappa shape index (κ2) is 4.06. The number of hydrogen-bond acceptors (Lipinski definition) is 2. The Morgan fingerprint density at radius 2 is 1.40 bits per heavy atom. The number of nitrogens with one attached hydrogen (secondary N) is 1. The zero-order chi connectivity index (χ0) is 10.3. The summed E-state index contributed by atoms with van der Waals surface area (Å²) in [6, 6.07) is 0.653. The van der Waals surface area contributed by atoms with Crippen LogP contribution in [0.4, 0.5) is 0 Å². The summed E-state index contributed by atoms with van der Waals surface area (Å²) in [5.74, 6) is 9.72. The van der Waals surface area contributed by atoms with E-state index in [2.05, 4.69) is 5.43 Å². The van der Waals surface area contributed by atoms with Crippen molar-refractivity contribution in [2.24, 2.45) is 29.5 Å². The summed E-state index contributed by atoms with van der Waals surface area (Å²) in [6.45, 7) is 0. The van der Waals surface area contributed by atoms with Gasteiger partial charge in [-0.05, 0) is 49.4 Å². The van der Waals surface area contributed by atoms with E-state index in [1.807, 2.05) is 0 Å². The van der Waals surface area contributed by atoms with Crippen LogP contribution in [0.15, 0.2) is 0 Å². The summed E-state index contributed by atoms with van der Waals surface area (Å²) in [4.78, 5) is 0. The van der Waals surface area contributed by atoms with Crippen molar-refractivity contribution in [3.05, 3.63) is 0 Å². The lowest BCUT2D eigenvalue weighted by molar-refractivity contribution is 0.310. The molecule has 0 aromatic carbocycles. The zero-order valence-electron chi connectivity index (χ0n) is 9.62. The Labute approximate surface area is 93.0 Å². The van der Waals surface area contributed by atoms with Gasteiger partial charge >= 0.3 is 0 Å². The fourth-order valence-electron chi connectivity index (χ4n) is 4.46. The van der Waals surface area contributed by atoms with E-state index in [1.165, 1.54) is 51.4 Å². The van der Waals surface area contributed by atoms with Crippen LogP contribution in [-0.2, 0) is 0 Å². The van der Waals surface area contributed by atoms with Crippen LogP contribution in [0.3, 0.4) is 0 Å². The average Bonchev–Trinajstić information content (AvgIpc) is 2.74. The number of rotatable bonds is 3. The average molecular weight is 208 g/mol. The summed E-state index contributed by atoms with van der Waals surface area (Å²) in [7, 11) is 0. The SMILES string of the molecule is NNC(C1CCCC1)C1C2CCCCC21. The van der Waals surface area contributed by atoms with E-state index in [9.17, 15) is 0 Å². The van der Waals surface area contributed by atoms with Gasteiger partial charge in [-0.25, -0.2) is 0 Å². The molecule has 0 aromatic rings. The molecular weight excluding hydrogens is 184 g/mol. The Balaban J connectivity index is 1.64. The standard InChI is InChI=1S/C13H24N2/c14-15-13(9-5-1-2-6-9)12-10-7-3-4-8-11(10)12/h9-13,15H,1-8,14H2. The minimum Gasteiger partial charge on any atom is -0.271 e. The van der Waals surface area contributed by atoms with Crippen molar-refractivity contribution in [3.63, 3.8) is 0 Å². The highest BCUT2D eigenvalue weighted by Gasteiger charge is 2.55. The van der Waals surface area contributed by atoms with Gasteiger partial charge in [0.1, 0.15) is 0 Å². The van der Waals surface area contributed by atoms with Gasteiger partial charge in [-0.1, -0.05) is 25.7 Å². The van der Waals surface area contributed by atoms with Crippen molar-refractivity contribution in [2.75, 3.05) is 0 Å². The largest absolute Gasteiger partial charge is 0.271 e. The van der Waals surface area contributed by atoms with Crippen LogP contribution < -0.4 is 11.3 Å². The van der Waals surface area contributed by atoms with E-state index in [4.69, 9.17) is 5.84 Å². The maximum atomic E-state index is 5.80. The predicted octanol–water partition coefficient (Wildman–Crippen LogP) is 2.44. The topological polar surface area (TPSA) is 38.0 Å². The van der Waals surface area contributed by atoms with Gasteiger partial charge in [0.05, 0.1) is 0 Å². The summed E-state index contributed by atoms with van der Waals surface area (Å²) < 4.78 is 0. The Hall–Kier alpha value is -0.0800. The Morgan fingerprint density at radius 1 is 0.867 bits per heavy atom. The Kier molecular flexibility index (Phi) is 2.73. The second-order valence-corrected chi connectivity index (χ2v) is 5.93. The molecule has 0 saturated heterocycles. The summed E-state index contributed by atoms with van der Waals surface area (Å²) in [5, 5.41) is 0. The predicted molar refractivity (Wildman–Crippen MR) is 62.0 cm³/mol. The molecule has 0 aliphatic heterocycles. The highest BCUT2D eigenvalue weighted by Crippen LogP contribution is 2.58. The quantitative estimate of drug-likeness (QED) is 0.552. The molecule has 86 valence electrons. The van der Waals surface area contributed by atoms with E-state index in [-0.39, 0.29) is 0 Å². The molecule has 3 fully saturated rings. The van der Waals surface area contributed by atoms with E-state index < -0.39 is 0 Å². The minimum atomic E-state index is 0.653. The van der Waals surface area contributed by atoms with E-state index in [0.717, 1.165) is 23.7 Å². The van der Waals surface area contributed by atoms with Crippen LogP contribution in [0, 0.1) is 23.7 Å².